The summed E-state index contributed by atoms with van der Waals surface area (Å²) in [7, 11) is -1.11. The molecular weight excluding hydrogens is 298 g/mol. The van der Waals surface area contributed by atoms with Crippen molar-refractivity contribution in [1.82, 2.24) is 5.32 Å². The van der Waals surface area contributed by atoms with E-state index in [1.807, 2.05) is 58.0 Å². The third kappa shape index (κ3) is 7.98. The van der Waals surface area contributed by atoms with E-state index in [0.717, 1.165) is 5.56 Å². The molecule has 122 valence electrons. The smallest absolute Gasteiger partial charge is 0.407 e. The number of benzene rings is 1. The Hall–Kier alpha value is -1.62. The van der Waals surface area contributed by atoms with Gasteiger partial charge in [0.15, 0.2) is 0 Å². The molecule has 1 amide bonds. The summed E-state index contributed by atoms with van der Waals surface area (Å²) in [5, 5.41) is 4.46. The minimum atomic E-state index is -1.11. The SMILES string of the molecule is C/C=C/[S@@](=O)C[C@@H](Cc1ccccc1)NC(=O)OC(C)(C)C. The maximum atomic E-state index is 11.9. The van der Waals surface area contributed by atoms with Crippen molar-refractivity contribution in [3.63, 3.8) is 0 Å². The summed E-state index contributed by atoms with van der Waals surface area (Å²) in [6.07, 6.45) is 1.89. The molecule has 0 aliphatic heterocycles. The molecular formula is C17H25NO3S. The number of rotatable bonds is 6. The molecule has 0 saturated carbocycles. The number of ether oxygens (including phenoxy) is 1. The fraction of sp³-hybridized carbons (Fsp3) is 0.471. The van der Waals surface area contributed by atoms with Crippen LogP contribution < -0.4 is 5.32 Å². The van der Waals surface area contributed by atoms with Crippen molar-refractivity contribution in [3.8, 4) is 0 Å². The second-order valence-electron chi connectivity index (χ2n) is 6.05. The number of amides is 1. The minimum Gasteiger partial charge on any atom is -0.444 e. The van der Waals surface area contributed by atoms with Crippen LogP contribution in [0.1, 0.15) is 33.3 Å². The molecule has 4 nitrogen and oxygen atoms in total. The normalized spacial score (nSPS) is 14.5. The van der Waals surface area contributed by atoms with Gasteiger partial charge in [0, 0.05) is 22.6 Å². The first-order valence-electron chi connectivity index (χ1n) is 7.33. The molecule has 0 aromatic heterocycles. The van der Waals surface area contributed by atoms with Crippen LogP contribution in [-0.2, 0) is 22.0 Å². The van der Waals surface area contributed by atoms with E-state index in [1.165, 1.54) is 0 Å². The van der Waals surface area contributed by atoms with Crippen molar-refractivity contribution in [2.24, 2.45) is 0 Å². The van der Waals surface area contributed by atoms with Gasteiger partial charge in [0.2, 0.25) is 0 Å². The average Bonchev–Trinajstić information content (AvgIpc) is 2.37. The van der Waals surface area contributed by atoms with Gasteiger partial charge in [0.25, 0.3) is 0 Å². The summed E-state index contributed by atoms with van der Waals surface area (Å²) in [4.78, 5) is 11.9. The molecule has 0 aliphatic carbocycles. The highest BCUT2D eigenvalue weighted by molar-refractivity contribution is 7.88. The Morgan fingerprint density at radius 1 is 1.32 bits per heavy atom. The van der Waals surface area contributed by atoms with Crippen LogP contribution in [0.4, 0.5) is 4.79 Å². The van der Waals surface area contributed by atoms with E-state index >= 15 is 0 Å². The van der Waals surface area contributed by atoms with Gasteiger partial charge in [-0.25, -0.2) is 4.79 Å². The second-order valence-corrected chi connectivity index (χ2v) is 7.42. The Kier molecular flexibility index (Phi) is 7.32. The molecule has 0 saturated heterocycles. The number of nitrogens with one attached hydrogen (secondary N) is 1. The monoisotopic (exact) mass is 323 g/mol. The molecule has 22 heavy (non-hydrogen) atoms. The van der Waals surface area contributed by atoms with Gasteiger partial charge in [-0.2, -0.15) is 0 Å². The molecule has 0 bridgehead atoms. The molecule has 1 N–H and O–H groups in total. The molecule has 0 spiro atoms. The van der Waals surface area contributed by atoms with Crippen molar-refractivity contribution >= 4 is 16.9 Å². The topological polar surface area (TPSA) is 55.4 Å². The van der Waals surface area contributed by atoms with Crippen molar-refractivity contribution in [2.75, 3.05) is 5.75 Å². The molecule has 1 rings (SSSR count). The maximum Gasteiger partial charge on any atom is 0.407 e. The molecule has 0 unspecified atom stereocenters. The van der Waals surface area contributed by atoms with Crippen LogP contribution in [0.2, 0.25) is 0 Å². The van der Waals surface area contributed by atoms with E-state index in [0.29, 0.717) is 12.2 Å². The summed E-state index contributed by atoms with van der Waals surface area (Å²) in [5.41, 5.74) is 0.533. The average molecular weight is 323 g/mol. The van der Waals surface area contributed by atoms with Crippen LogP contribution in [-0.4, -0.2) is 27.7 Å². The lowest BCUT2D eigenvalue weighted by Gasteiger charge is -2.23. The minimum absolute atomic E-state index is 0.241. The number of carbonyl (C=O) groups excluding carboxylic acids is 1. The highest BCUT2D eigenvalue weighted by Gasteiger charge is 2.20. The molecule has 0 radical (unpaired) electrons. The van der Waals surface area contributed by atoms with Crippen molar-refractivity contribution < 1.29 is 13.7 Å². The predicted octanol–water partition coefficient (Wildman–Crippen LogP) is 3.40. The molecule has 2 atom stereocenters. The highest BCUT2D eigenvalue weighted by atomic mass is 32.2. The van der Waals surface area contributed by atoms with E-state index in [4.69, 9.17) is 4.74 Å². The summed E-state index contributed by atoms with van der Waals surface area (Å²) < 4.78 is 17.2. The number of allylic oxidation sites excluding steroid dienone is 1. The zero-order chi connectivity index (χ0) is 16.6. The van der Waals surface area contributed by atoms with Crippen LogP contribution in [0.25, 0.3) is 0 Å². The van der Waals surface area contributed by atoms with Gasteiger partial charge in [-0.15, -0.1) is 0 Å². The summed E-state index contributed by atoms with van der Waals surface area (Å²) >= 11 is 0. The van der Waals surface area contributed by atoms with Gasteiger partial charge < -0.3 is 10.1 Å². The van der Waals surface area contributed by atoms with Crippen molar-refractivity contribution in [2.45, 2.75) is 45.8 Å². The molecule has 0 fully saturated rings. The molecule has 5 heteroatoms. The number of carbonyl (C=O) groups is 1. The van der Waals surface area contributed by atoms with Gasteiger partial charge in [0.1, 0.15) is 5.60 Å². The predicted molar refractivity (Wildman–Crippen MR) is 91.1 cm³/mol. The molecule has 0 aliphatic rings. The van der Waals surface area contributed by atoms with E-state index < -0.39 is 22.5 Å². The fourth-order valence-electron chi connectivity index (χ4n) is 1.93. The van der Waals surface area contributed by atoms with Crippen molar-refractivity contribution in [1.29, 1.82) is 0 Å². The third-order valence-electron chi connectivity index (χ3n) is 2.70. The number of hydrogen-bond donors (Lipinski definition) is 1. The Morgan fingerprint density at radius 3 is 2.50 bits per heavy atom. The van der Waals surface area contributed by atoms with Gasteiger partial charge >= 0.3 is 6.09 Å². The van der Waals surface area contributed by atoms with Gasteiger partial charge in [0.05, 0.1) is 0 Å². The quantitative estimate of drug-likeness (QED) is 0.873. The van der Waals surface area contributed by atoms with Crippen LogP contribution in [0.3, 0.4) is 0 Å². The van der Waals surface area contributed by atoms with Crippen LogP contribution >= 0.6 is 0 Å². The Morgan fingerprint density at radius 2 is 1.95 bits per heavy atom. The zero-order valence-corrected chi connectivity index (χ0v) is 14.5. The third-order valence-corrected chi connectivity index (χ3v) is 4.01. The first-order valence-corrected chi connectivity index (χ1v) is 8.72. The molecule has 1 aromatic rings. The largest absolute Gasteiger partial charge is 0.444 e. The number of hydrogen-bond acceptors (Lipinski definition) is 3. The van der Waals surface area contributed by atoms with E-state index in [1.54, 1.807) is 11.5 Å². The fourth-order valence-corrected chi connectivity index (χ4v) is 2.94. The standard InChI is InChI=1S/C17H25NO3S/c1-5-11-22(20)13-15(12-14-9-7-6-8-10-14)18-16(19)21-17(2,3)4/h5-11,15H,12-13H2,1-4H3,(H,18,19)/b11-5+/t15-,22-/m1/s1. The number of alkyl carbamates (subject to hydrolysis) is 1. The lowest BCUT2D eigenvalue weighted by Crippen LogP contribution is -2.42. The zero-order valence-electron chi connectivity index (χ0n) is 13.7. The summed E-state index contributed by atoms with van der Waals surface area (Å²) in [6.45, 7) is 7.27. The summed E-state index contributed by atoms with van der Waals surface area (Å²) in [6, 6.07) is 9.57. The Balaban J connectivity index is 2.73. The first kappa shape index (κ1) is 18.4. The second kappa shape index (κ2) is 8.73. The Labute approximate surface area is 135 Å². The lowest BCUT2D eigenvalue weighted by atomic mass is 10.1. The van der Waals surface area contributed by atoms with Gasteiger partial charge in [-0.05, 0) is 45.1 Å². The van der Waals surface area contributed by atoms with E-state index in [-0.39, 0.29) is 6.04 Å². The van der Waals surface area contributed by atoms with Crippen LogP contribution in [0, 0.1) is 0 Å². The lowest BCUT2D eigenvalue weighted by molar-refractivity contribution is 0.0509. The summed E-state index contributed by atoms with van der Waals surface area (Å²) in [5.74, 6) is 0.360. The van der Waals surface area contributed by atoms with E-state index in [2.05, 4.69) is 5.32 Å². The maximum absolute atomic E-state index is 11.9. The molecule has 0 heterocycles. The first-order chi connectivity index (χ1) is 10.3. The highest BCUT2D eigenvalue weighted by Crippen LogP contribution is 2.09. The Bertz CT molecular complexity index is 520. The van der Waals surface area contributed by atoms with Gasteiger partial charge in [-0.3, -0.25) is 4.21 Å². The van der Waals surface area contributed by atoms with E-state index in [9.17, 15) is 9.00 Å². The van der Waals surface area contributed by atoms with Crippen molar-refractivity contribution in [3.05, 3.63) is 47.4 Å². The van der Waals surface area contributed by atoms with Gasteiger partial charge in [-0.1, -0.05) is 36.4 Å². The molecule has 1 aromatic carbocycles. The van der Waals surface area contributed by atoms with Crippen LogP contribution in [0.15, 0.2) is 41.8 Å². The van der Waals surface area contributed by atoms with Crippen LogP contribution in [0.5, 0.6) is 0 Å².